The van der Waals surface area contributed by atoms with E-state index < -0.39 is 0 Å². The monoisotopic (exact) mass is 480 g/mol. The number of likely N-dealkylation sites (N-methyl/N-ethyl adjacent to an activating group) is 2. The van der Waals surface area contributed by atoms with Crippen molar-refractivity contribution >= 4 is 41.3 Å². The first-order valence-electron chi connectivity index (χ1n) is 8.84. The number of guanidine groups is 1. The fraction of sp³-hybridized carbons (Fsp3) is 0.765. The Morgan fingerprint density at radius 2 is 2.12 bits per heavy atom. The molecule has 144 valence electrons. The molecule has 0 bridgehead atoms. The van der Waals surface area contributed by atoms with Gasteiger partial charge in [-0.05, 0) is 26.9 Å². The van der Waals surface area contributed by atoms with Crippen LogP contribution in [0, 0.1) is 0 Å². The molecule has 1 aliphatic rings. The molecular formula is C17H33IN6S. The van der Waals surface area contributed by atoms with Crippen LogP contribution < -0.4 is 10.6 Å². The van der Waals surface area contributed by atoms with Gasteiger partial charge in [-0.2, -0.15) is 0 Å². The zero-order valence-corrected chi connectivity index (χ0v) is 19.2. The number of thiazole rings is 1. The third-order valence-corrected chi connectivity index (χ3v) is 5.21. The molecule has 2 rings (SSSR count). The molecule has 0 amide bonds. The molecule has 8 heteroatoms. The summed E-state index contributed by atoms with van der Waals surface area (Å²) in [4.78, 5) is 14.2. The zero-order chi connectivity index (χ0) is 17.5. The van der Waals surface area contributed by atoms with E-state index in [1.165, 1.54) is 0 Å². The highest BCUT2D eigenvalue weighted by atomic mass is 127. The molecule has 1 aromatic heterocycles. The molecule has 1 aliphatic heterocycles. The number of halogens is 1. The van der Waals surface area contributed by atoms with Crippen molar-refractivity contribution in [1.29, 1.82) is 0 Å². The quantitative estimate of drug-likeness (QED) is 0.372. The van der Waals surface area contributed by atoms with Gasteiger partial charge in [-0.3, -0.25) is 4.90 Å². The minimum absolute atomic E-state index is 0. The first kappa shape index (κ1) is 22.6. The van der Waals surface area contributed by atoms with Crippen LogP contribution in [0.2, 0.25) is 0 Å². The second-order valence-corrected chi connectivity index (χ2v) is 7.74. The van der Waals surface area contributed by atoms with Crippen molar-refractivity contribution < 1.29 is 0 Å². The Hall–Kier alpha value is -0.450. The molecule has 2 N–H and O–H groups in total. The highest BCUT2D eigenvalue weighted by Gasteiger charge is 2.22. The predicted molar refractivity (Wildman–Crippen MR) is 118 cm³/mol. The van der Waals surface area contributed by atoms with Crippen molar-refractivity contribution in [1.82, 2.24) is 25.4 Å². The lowest BCUT2D eigenvalue weighted by atomic mass is 10.2. The van der Waals surface area contributed by atoms with E-state index in [0.29, 0.717) is 18.5 Å². The first-order chi connectivity index (χ1) is 11.5. The predicted octanol–water partition coefficient (Wildman–Crippen LogP) is 2.19. The van der Waals surface area contributed by atoms with Crippen LogP contribution in [-0.2, 0) is 6.54 Å². The Bertz CT molecular complexity index is 533. The number of nitrogens with zero attached hydrogens (tertiary/aromatic N) is 4. The van der Waals surface area contributed by atoms with E-state index in [1.807, 2.05) is 0 Å². The number of aliphatic imine (C=N–C) groups is 1. The molecule has 0 aromatic carbocycles. The molecule has 1 aromatic rings. The van der Waals surface area contributed by atoms with Gasteiger partial charge in [-0.25, -0.2) is 9.98 Å². The molecule has 0 saturated carbocycles. The van der Waals surface area contributed by atoms with Crippen molar-refractivity contribution in [2.24, 2.45) is 4.99 Å². The lowest BCUT2D eigenvalue weighted by molar-refractivity contribution is 0.116. The van der Waals surface area contributed by atoms with Crippen LogP contribution in [0.3, 0.4) is 0 Å². The van der Waals surface area contributed by atoms with Gasteiger partial charge >= 0.3 is 0 Å². The summed E-state index contributed by atoms with van der Waals surface area (Å²) in [6.45, 7) is 12.2. The van der Waals surface area contributed by atoms with Crippen molar-refractivity contribution in [2.45, 2.75) is 39.3 Å². The van der Waals surface area contributed by atoms with Gasteiger partial charge < -0.3 is 15.5 Å². The number of hydrogen-bond acceptors (Lipinski definition) is 5. The van der Waals surface area contributed by atoms with Gasteiger partial charge in [0.2, 0.25) is 0 Å². The van der Waals surface area contributed by atoms with E-state index in [1.54, 1.807) is 11.3 Å². The topological polar surface area (TPSA) is 55.8 Å². The molecular weight excluding hydrogens is 447 g/mol. The maximum atomic E-state index is 4.70. The number of nitrogens with one attached hydrogen (secondary N) is 2. The Morgan fingerprint density at radius 3 is 2.76 bits per heavy atom. The molecule has 0 aliphatic carbocycles. The minimum atomic E-state index is 0. The maximum Gasteiger partial charge on any atom is 0.191 e. The molecule has 1 saturated heterocycles. The van der Waals surface area contributed by atoms with Crippen molar-refractivity contribution in [3.05, 3.63) is 16.1 Å². The van der Waals surface area contributed by atoms with Gasteiger partial charge in [0, 0.05) is 44.1 Å². The molecule has 1 fully saturated rings. The largest absolute Gasteiger partial charge is 0.357 e. The average molecular weight is 480 g/mol. The van der Waals surface area contributed by atoms with Crippen LogP contribution in [0.15, 0.2) is 10.4 Å². The second-order valence-electron chi connectivity index (χ2n) is 6.79. The van der Waals surface area contributed by atoms with Gasteiger partial charge in [0.05, 0.1) is 12.2 Å². The molecule has 0 radical (unpaired) electrons. The van der Waals surface area contributed by atoms with E-state index in [0.717, 1.165) is 49.4 Å². The standard InChI is InChI=1S/C17H32N6S.HI/c1-6-18-17(19-9-14-11-22(4)7-8-23(14)5)20-10-16-21-15(12-24-16)13(2)3;/h12-14H,6-11H2,1-5H3,(H2,18,19,20);1H. The van der Waals surface area contributed by atoms with Crippen LogP contribution >= 0.6 is 35.3 Å². The summed E-state index contributed by atoms with van der Waals surface area (Å²) in [5.74, 6) is 1.35. The van der Waals surface area contributed by atoms with Gasteiger partial charge in [0.25, 0.3) is 0 Å². The minimum Gasteiger partial charge on any atom is -0.357 e. The summed E-state index contributed by atoms with van der Waals surface area (Å²) in [5, 5.41) is 10.0. The highest BCUT2D eigenvalue weighted by Crippen LogP contribution is 2.18. The third kappa shape index (κ3) is 7.36. The van der Waals surface area contributed by atoms with Gasteiger partial charge in [0.1, 0.15) is 5.01 Å². The summed E-state index contributed by atoms with van der Waals surface area (Å²) < 4.78 is 0. The zero-order valence-electron chi connectivity index (χ0n) is 16.1. The van der Waals surface area contributed by atoms with Gasteiger partial charge in [-0.15, -0.1) is 35.3 Å². The van der Waals surface area contributed by atoms with Crippen LogP contribution in [0.4, 0.5) is 0 Å². The summed E-state index contributed by atoms with van der Waals surface area (Å²) in [6.07, 6.45) is 0. The third-order valence-electron chi connectivity index (χ3n) is 4.36. The molecule has 1 unspecified atom stereocenters. The summed E-state index contributed by atoms with van der Waals surface area (Å²) >= 11 is 1.70. The lowest BCUT2D eigenvalue weighted by Gasteiger charge is -2.37. The fourth-order valence-electron chi connectivity index (χ4n) is 2.69. The van der Waals surface area contributed by atoms with Crippen LogP contribution in [0.5, 0.6) is 0 Å². The average Bonchev–Trinajstić information content (AvgIpc) is 3.02. The van der Waals surface area contributed by atoms with Gasteiger partial charge in [-0.1, -0.05) is 13.8 Å². The number of rotatable bonds is 6. The fourth-order valence-corrected chi connectivity index (χ4v) is 3.57. The van der Waals surface area contributed by atoms with E-state index >= 15 is 0 Å². The van der Waals surface area contributed by atoms with Crippen molar-refractivity contribution in [3.8, 4) is 0 Å². The lowest BCUT2D eigenvalue weighted by Crippen LogP contribution is -2.55. The Morgan fingerprint density at radius 1 is 1.36 bits per heavy atom. The summed E-state index contributed by atoms with van der Waals surface area (Å²) in [5.41, 5.74) is 1.16. The van der Waals surface area contributed by atoms with E-state index in [9.17, 15) is 0 Å². The van der Waals surface area contributed by atoms with E-state index in [-0.39, 0.29) is 24.0 Å². The molecule has 1 atom stereocenters. The van der Waals surface area contributed by atoms with Gasteiger partial charge in [0.15, 0.2) is 5.96 Å². The molecule has 6 nitrogen and oxygen atoms in total. The number of aromatic nitrogens is 1. The SMILES string of the molecule is CCNC(=NCc1nc(C(C)C)cs1)NCC1CN(C)CCN1C.I. The van der Waals surface area contributed by atoms with Crippen LogP contribution in [0.25, 0.3) is 0 Å². The number of piperazine rings is 1. The first-order valence-corrected chi connectivity index (χ1v) is 9.72. The molecule has 25 heavy (non-hydrogen) atoms. The molecule has 2 heterocycles. The summed E-state index contributed by atoms with van der Waals surface area (Å²) in [6, 6.07) is 0.514. The van der Waals surface area contributed by atoms with E-state index in [4.69, 9.17) is 4.99 Å². The second kappa shape index (κ2) is 11.3. The summed E-state index contributed by atoms with van der Waals surface area (Å²) in [7, 11) is 4.39. The highest BCUT2D eigenvalue weighted by molar-refractivity contribution is 14.0. The van der Waals surface area contributed by atoms with Crippen molar-refractivity contribution in [2.75, 3.05) is 46.8 Å². The molecule has 0 spiro atoms. The van der Waals surface area contributed by atoms with Crippen molar-refractivity contribution in [3.63, 3.8) is 0 Å². The maximum absolute atomic E-state index is 4.70. The smallest absolute Gasteiger partial charge is 0.191 e. The Kier molecular flexibility index (Phi) is 10.2. The van der Waals surface area contributed by atoms with E-state index in [2.05, 4.69) is 65.7 Å². The van der Waals surface area contributed by atoms with Crippen LogP contribution in [0.1, 0.15) is 37.4 Å². The Balaban J connectivity index is 0.00000312. The van der Waals surface area contributed by atoms with Crippen LogP contribution in [-0.4, -0.2) is 73.6 Å². The normalized spacial score (nSPS) is 19.8. The number of hydrogen-bond donors (Lipinski definition) is 2. The Labute approximate surface area is 173 Å².